The second kappa shape index (κ2) is 7.10. The maximum atomic E-state index is 12.0. The molecule has 1 fully saturated rings. The fraction of sp³-hybridized carbons (Fsp3) is 0.333. The number of Topliss-reactive ketones (excluding diaryl/α,β-unsaturated/α-hetero) is 1. The van der Waals surface area contributed by atoms with Gasteiger partial charge in [-0.1, -0.05) is 35.2 Å². The molecule has 0 bridgehead atoms. The van der Waals surface area contributed by atoms with Crippen LogP contribution in [0.1, 0.15) is 30.1 Å². The summed E-state index contributed by atoms with van der Waals surface area (Å²) in [6.45, 7) is 1.50. The van der Waals surface area contributed by atoms with Gasteiger partial charge in [0.2, 0.25) is 11.0 Å². The van der Waals surface area contributed by atoms with Crippen molar-refractivity contribution in [2.45, 2.75) is 30.1 Å². The number of thioether (sulfide) groups is 1. The number of hydrogen-bond acceptors (Lipinski definition) is 7. The van der Waals surface area contributed by atoms with Crippen molar-refractivity contribution < 1.29 is 9.59 Å². The molecule has 3 rings (SSSR count). The van der Waals surface area contributed by atoms with E-state index in [-0.39, 0.29) is 17.4 Å². The highest BCUT2D eigenvalue weighted by atomic mass is 32.2. The molecule has 1 aliphatic carbocycles. The number of hydrogen-bond donors (Lipinski definition) is 2. The van der Waals surface area contributed by atoms with Gasteiger partial charge in [-0.25, -0.2) is 0 Å². The summed E-state index contributed by atoms with van der Waals surface area (Å²) in [4.78, 5) is 23.3. The topological polar surface area (TPSA) is 84.0 Å². The van der Waals surface area contributed by atoms with Crippen LogP contribution in [-0.4, -0.2) is 33.7 Å². The third-order valence-electron chi connectivity index (χ3n) is 3.19. The third-order valence-corrected chi connectivity index (χ3v) is 5.18. The number of rotatable bonds is 7. The van der Waals surface area contributed by atoms with Crippen LogP contribution in [-0.2, 0) is 4.79 Å². The molecule has 0 saturated heterocycles. The molecular weight excluding hydrogens is 332 g/mol. The van der Waals surface area contributed by atoms with Crippen molar-refractivity contribution in [3.05, 3.63) is 29.8 Å². The lowest BCUT2D eigenvalue weighted by Crippen LogP contribution is -2.14. The molecule has 0 aliphatic heterocycles. The van der Waals surface area contributed by atoms with E-state index in [0.29, 0.717) is 17.3 Å². The van der Waals surface area contributed by atoms with Gasteiger partial charge in [0.1, 0.15) is 0 Å². The number of amides is 1. The SMILES string of the molecule is CC(=O)c1cccc(NC(=O)CSc2nnc(NC3CC3)s2)c1. The lowest BCUT2D eigenvalue weighted by Gasteiger charge is -2.05. The normalized spacial score (nSPS) is 13.6. The highest BCUT2D eigenvalue weighted by molar-refractivity contribution is 8.01. The van der Waals surface area contributed by atoms with Crippen LogP contribution in [0.2, 0.25) is 0 Å². The van der Waals surface area contributed by atoms with Crippen molar-refractivity contribution in [3.8, 4) is 0 Å². The minimum absolute atomic E-state index is 0.0278. The number of nitrogens with zero attached hydrogens (tertiary/aromatic N) is 2. The fourth-order valence-electron chi connectivity index (χ4n) is 1.87. The Hall–Kier alpha value is -1.93. The van der Waals surface area contributed by atoms with Gasteiger partial charge in [0.05, 0.1) is 5.75 Å². The molecule has 120 valence electrons. The number of benzene rings is 1. The zero-order chi connectivity index (χ0) is 16.2. The molecule has 1 heterocycles. The summed E-state index contributed by atoms with van der Waals surface area (Å²) in [5.41, 5.74) is 1.20. The smallest absolute Gasteiger partial charge is 0.234 e. The van der Waals surface area contributed by atoms with Gasteiger partial charge in [-0.15, -0.1) is 10.2 Å². The summed E-state index contributed by atoms with van der Waals surface area (Å²) in [6.07, 6.45) is 2.37. The highest BCUT2D eigenvalue weighted by Crippen LogP contribution is 2.30. The van der Waals surface area contributed by atoms with Gasteiger partial charge in [-0.2, -0.15) is 0 Å². The molecule has 0 atom stereocenters. The van der Waals surface area contributed by atoms with Crippen molar-refractivity contribution in [1.82, 2.24) is 10.2 Å². The van der Waals surface area contributed by atoms with E-state index in [1.54, 1.807) is 24.3 Å². The summed E-state index contributed by atoms with van der Waals surface area (Å²) in [7, 11) is 0. The van der Waals surface area contributed by atoms with E-state index in [9.17, 15) is 9.59 Å². The highest BCUT2D eigenvalue weighted by Gasteiger charge is 2.22. The minimum atomic E-state index is -0.136. The van der Waals surface area contributed by atoms with Crippen molar-refractivity contribution in [3.63, 3.8) is 0 Å². The predicted molar refractivity (Wildman–Crippen MR) is 92.4 cm³/mol. The zero-order valence-electron chi connectivity index (χ0n) is 12.5. The monoisotopic (exact) mass is 348 g/mol. The number of carbonyl (C=O) groups is 2. The maximum absolute atomic E-state index is 12.0. The Kier molecular flexibility index (Phi) is 4.92. The Morgan fingerprint density at radius 3 is 2.91 bits per heavy atom. The van der Waals surface area contributed by atoms with E-state index in [1.807, 2.05) is 0 Å². The standard InChI is InChI=1S/C15H16N4O2S2/c1-9(20)10-3-2-4-12(7-10)16-13(21)8-22-15-19-18-14(23-15)17-11-5-6-11/h2-4,7,11H,5-6,8H2,1H3,(H,16,21)(H,17,18). The van der Waals surface area contributed by atoms with Crippen molar-refractivity contribution >= 4 is 45.6 Å². The molecule has 1 amide bonds. The summed E-state index contributed by atoms with van der Waals surface area (Å²) in [6, 6.07) is 7.45. The van der Waals surface area contributed by atoms with Crippen molar-refractivity contribution in [1.29, 1.82) is 0 Å². The van der Waals surface area contributed by atoms with E-state index in [2.05, 4.69) is 20.8 Å². The number of ketones is 1. The Labute approximate surface area is 142 Å². The van der Waals surface area contributed by atoms with Crippen molar-refractivity contribution in [2.24, 2.45) is 0 Å². The van der Waals surface area contributed by atoms with Crippen LogP contribution in [0.4, 0.5) is 10.8 Å². The molecule has 2 N–H and O–H groups in total. The predicted octanol–water partition coefficient (Wildman–Crippen LogP) is 3.05. The van der Waals surface area contributed by atoms with Gasteiger partial charge >= 0.3 is 0 Å². The van der Waals surface area contributed by atoms with Gasteiger partial charge in [-0.05, 0) is 31.9 Å². The first-order valence-electron chi connectivity index (χ1n) is 7.24. The summed E-state index contributed by atoms with van der Waals surface area (Å²) < 4.78 is 0.765. The van der Waals surface area contributed by atoms with Crippen LogP contribution >= 0.6 is 23.1 Å². The first-order valence-corrected chi connectivity index (χ1v) is 9.04. The first-order chi connectivity index (χ1) is 11.1. The van der Waals surface area contributed by atoms with E-state index in [1.165, 1.54) is 42.9 Å². The van der Waals surface area contributed by atoms with E-state index in [0.717, 1.165) is 9.47 Å². The molecule has 6 nitrogen and oxygen atoms in total. The summed E-state index contributed by atoms with van der Waals surface area (Å²) in [5.74, 6) is 0.0881. The molecule has 1 aromatic heterocycles. The fourth-order valence-corrected chi connectivity index (χ4v) is 3.50. The van der Waals surface area contributed by atoms with Gasteiger partial charge < -0.3 is 10.6 Å². The van der Waals surface area contributed by atoms with Gasteiger partial charge in [0.15, 0.2) is 10.1 Å². The van der Waals surface area contributed by atoms with Crippen molar-refractivity contribution in [2.75, 3.05) is 16.4 Å². The quantitative estimate of drug-likeness (QED) is 0.591. The van der Waals surface area contributed by atoms with Crippen LogP contribution < -0.4 is 10.6 Å². The first kappa shape index (κ1) is 15.9. The van der Waals surface area contributed by atoms with E-state index in [4.69, 9.17) is 0 Å². The molecule has 1 aliphatic rings. The maximum Gasteiger partial charge on any atom is 0.234 e. The Morgan fingerprint density at radius 2 is 2.17 bits per heavy atom. The Morgan fingerprint density at radius 1 is 1.35 bits per heavy atom. The lowest BCUT2D eigenvalue weighted by atomic mass is 10.1. The Balaban J connectivity index is 1.50. The number of anilines is 2. The molecule has 0 spiro atoms. The molecule has 1 aromatic carbocycles. The molecule has 1 saturated carbocycles. The van der Waals surface area contributed by atoms with Crippen LogP contribution in [0, 0.1) is 0 Å². The van der Waals surface area contributed by atoms with Gasteiger partial charge in [0, 0.05) is 17.3 Å². The van der Waals surface area contributed by atoms with Crippen LogP contribution in [0.25, 0.3) is 0 Å². The zero-order valence-corrected chi connectivity index (χ0v) is 14.2. The van der Waals surface area contributed by atoms with Gasteiger partial charge in [-0.3, -0.25) is 9.59 Å². The lowest BCUT2D eigenvalue weighted by molar-refractivity contribution is -0.113. The van der Waals surface area contributed by atoms with E-state index >= 15 is 0 Å². The average molecular weight is 348 g/mol. The number of carbonyl (C=O) groups excluding carboxylic acids is 2. The summed E-state index contributed by atoms with van der Waals surface area (Å²) in [5, 5.41) is 15.0. The number of aromatic nitrogens is 2. The van der Waals surface area contributed by atoms with Gasteiger partial charge in [0.25, 0.3) is 0 Å². The van der Waals surface area contributed by atoms with Crippen LogP contribution in [0.5, 0.6) is 0 Å². The molecule has 0 unspecified atom stereocenters. The third kappa shape index (κ3) is 4.77. The molecule has 2 aromatic rings. The molecule has 0 radical (unpaired) electrons. The molecular formula is C15H16N4O2S2. The van der Waals surface area contributed by atoms with Crippen LogP contribution in [0.3, 0.4) is 0 Å². The minimum Gasteiger partial charge on any atom is -0.357 e. The summed E-state index contributed by atoms with van der Waals surface area (Å²) >= 11 is 2.81. The van der Waals surface area contributed by atoms with E-state index < -0.39 is 0 Å². The molecule has 23 heavy (non-hydrogen) atoms. The van der Waals surface area contributed by atoms with Crippen LogP contribution in [0.15, 0.2) is 28.6 Å². The number of nitrogens with one attached hydrogen (secondary N) is 2. The molecule has 8 heteroatoms. The average Bonchev–Trinajstić information content (AvgIpc) is 3.22. The Bertz CT molecular complexity index is 728. The second-order valence-corrected chi connectivity index (χ2v) is 7.47. The second-order valence-electron chi connectivity index (χ2n) is 5.27. The largest absolute Gasteiger partial charge is 0.357 e.